The van der Waals surface area contributed by atoms with Gasteiger partial charge in [-0.05, 0) is 31.0 Å². The van der Waals surface area contributed by atoms with E-state index in [1.165, 1.54) is 6.07 Å². The number of carbonyl (C=O) groups excluding carboxylic acids is 2. The van der Waals surface area contributed by atoms with Gasteiger partial charge in [-0.3, -0.25) is 4.79 Å². The maximum Gasteiger partial charge on any atom is 0.329 e. The first-order chi connectivity index (χ1) is 9.03. The monoisotopic (exact) mass is 298 g/mol. The molecule has 3 rings (SSSR count). The van der Waals surface area contributed by atoms with Crippen LogP contribution in [0.4, 0.5) is 10.5 Å². The van der Waals surface area contributed by atoms with Crippen LogP contribution < -0.4 is 10.2 Å². The highest BCUT2D eigenvalue weighted by Gasteiger charge is 2.52. The molecule has 0 radical (unpaired) electrons. The van der Waals surface area contributed by atoms with Crippen molar-refractivity contribution >= 4 is 40.8 Å². The Morgan fingerprint density at radius 1 is 1.11 bits per heavy atom. The van der Waals surface area contributed by atoms with Crippen molar-refractivity contribution in [3.63, 3.8) is 0 Å². The van der Waals surface area contributed by atoms with Gasteiger partial charge in [0.2, 0.25) is 0 Å². The molecule has 2 aliphatic rings. The van der Waals surface area contributed by atoms with Crippen molar-refractivity contribution in [3.8, 4) is 0 Å². The molecule has 1 spiro atoms. The van der Waals surface area contributed by atoms with Crippen LogP contribution in [0.15, 0.2) is 18.2 Å². The van der Waals surface area contributed by atoms with Crippen molar-refractivity contribution < 1.29 is 9.59 Å². The van der Waals surface area contributed by atoms with Gasteiger partial charge >= 0.3 is 6.03 Å². The van der Waals surface area contributed by atoms with E-state index in [0.717, 1.165) is 17.7 Å². The van der Waals surface area contributed by atoms with E-state index in [4.69, 9.17) is 23.2 Å². The molecular formula is C13H12Cl2N2O2. The third kappa shape index (κ3) is 1.90. The normalized spacial score (nSPS) is 21.3. The summed E-state index contributed by atoms with van der Waals surface area (Å²) in [5.74, 6) is -0.187. The average molecular weight is 299 g/mol. The number of nitrogens with one attached hydrogen (secondary N) is 1. The van der Waals surface area contributed by atoms with E-state index in [2.05, 4.69) is 5.32 Å². The molecule has 1 N–H and O–H groups in total. The Bertz CT molecular complexity index is 568. The molecule has 1 saturated carbocycles. The highest BCUT2D eigenvalue weighted by molar-refractivity contribution is 6.42. The summed E-state index contributed by atoms with van der Waals surface area (Å²) in [7, 11) is 0. The number of amides is 3. The lowest BCUT2D eigenvalue weighted by atomic mass is 9.98. The van der Waals surface area contributed by atoms with Crippen molar-refractivity contribution in [2.75, 3.05) is 4.90 Å². The van der Waals surface area contributed by atoms with E-state index in [9.17, 15) is 9.59 Å². The zero-order valence-electron chi connectivity index (χ0n) is 10.1. The summed E-state index contributed by atoms with van der Waals surface area (Å²) in [6, 6.07) is 4.36. The number of nitrogens with zero attached hydrogens (tertiary/aromatic N) is 1. The summed E-state index contributed by atoms with van der Waals surface area (Å²) in [6.07, 6.45) is 3.33. The third-order valence-electron chi connectivity index (χ3n) is 3.78. The number of urea groups is 1. The topological polar surface area (TPSA) is 49.4 Å². The molecule has 0 bridgehead atoms. The number of benzene rings is 1. The van der Waals surface area contributed by atoms with Crippen molar-refractivity contribution in [2.24, 2.45) is 0 Å². The molecular weight excluding hydrogens is 287 g/mol. The van der Waals surface area contributed by atoms with Crippen LogP contribution in [0.1, 0.15) is 25.7 Å². The van der Waals surface area contributed by atoms with Crippen molar-refractivity contribution in [3.05, 3.63) is 28.2 Å². The highest BCUT2D eigenvalue weighted by atomic mass is 35.5. The quantitative estimate of drug-likeness (QED) is 0.808. The SMILES string of the molecule is O=C1NC2(CCCC2)C(=O)N1c1ccc(Cl)c(Cl)c1. The molecule has 19 heavy (non-hydrogen) atoms. The lowest BCUT2D eigenvalue weighted by Gasteiger charge is -2.20. The van der Waals surface area contributed by atoms with Crippen LogP contribution in [-0.2, 0) is 4.79 Å². The van der Waals surface area contributed by atoms with Crippen LogP contribution in [-0.4, -0.2) is 17.5 Å². The number of carbonyl (C=O) groups is 2. The summed E-state index contributed by atoms with van der Waals surface area (Å²) < 4.78 is 0. The molecule has 1 aromatic carbocycles. The molecule has 1 saturated heterocycles. The molecule has 4 nitrogen and oxygen atoms in total. The second-order valence-electron chi connectivity index (χ2n) is 4.96. The zero-order valence-corrected chi connectivity index (χ0v) is 11.6. The highest BCUT2D eigenvalue weighted by Crippen LogP contribution is 2.38. The van der Waals surface area contributed by atoms with E-state index >= 15 is 0 Å². The summed E-state index contributed by atoms with van der Waals surface area (Å²) in [5.41, 5.74) is -0.246. The standard InChI is InChI=1S/C13H12Cl2N2O2/c14-9-4-3-8(7-10(9)15)17-11(18)13(16-12(17)19)5-1-2-6-13/h3-4,7H,1-2,5-6H2,(H,16,19). The van der Waals surface area contributed by atoms with Gasteiger partial charge in [0.1, 0.15) is 5.54 Å². The van der Waals surface area contributed by atoms with Crippen LogP contribution in [0, 0.1) is 0 Å². The van der Waals surface area contributed by atoms with Crippen molar-refractivity contribution in [1.82, 2.24) is 5.32 Å². The van der Waals surface area contributed by atoms with E-state index in [0.29, 0.717) is 28.6 Å². The number of imide groups is 1. The fraction of sp³-hybridized carbons (Fsp3) is 0.385. The first-order valence-electron chi connectivity index (χ1n) is 6.15. The van der Waals surface area contributed by atoms with Crippen LogP contribution >= 0.6 is 23.2 Å². The maximum atomic E-state index is 12.5. The largest absolute Gasteiger partial charge is 0.329 e. The predicted molar refractivity (Wildman–Crippen MR) is 73.7 cm³/mol. The van der Waals surface area contributed by atoms with E-state index in [1.54, 1.807) is 12.1 Å². The fourth-order valence-electron chi connectivity index (χ4n) is 2.80. The molecule has 0 atom stereocenters. The second-order valence-corrected chi connectivity index (χ2v) is 5.77. The van der Waals surface area contributed by atoms with Gasteiger partial charge < -0.3 is 5.32 Å². The Kier molecular flexibility index (Phi) is 2.95. The first kappa shape index (κ1) is 12.8. The Labute approximate surface area is 120 Å². The second kappa shape index (κ2) is 4.39. The molecule has 1 aromatic rings. The van der Waals surface area contributed by atoms with Gasteiger partial charge in [-0.15, -0.1) is 0 Å². The van der Waals surface area contributed by atoms with Crippen molar-refractivity contribution in [2.45, 2.75) is 31.2 Å². The number of halogens is 2. The van der Waals surface area contributed by atoms with Gasteiger partial charge in [0.15, 0.2) is 0 Å². The number of rotatable bonds is 1. The molecule has 1 aliphatic carbocycles. The average Bonchev–Trinajstić information content (AvgIpc) is 2.91. The van der Waals surface area contributed by atoms with Gasteiger partial charge in [-0.25, -0.2) is 9.69 Å². The summed E-state index contributed by atoms with van der Waals surface area (Å²) in [6.45, 7) is 0. The van der Waals surface area contributed by atoms with Gasteiger partial charge in [0, 0.05) is 0 Å². The predicted octanol–water partition coefficient (Wildman–Crippen LogP) is 3.36. The van der Waals surface area contributed by atoms with E-state index < -0.39 is 5.54 Å². The lowest BCUT2D eigenvalue weighted by molar-refractivity contribution is -0.121. The number of hydrogen-bond acceptors (Lipinski definition) is 2. The third-order valence-corrected chi connectivity index (χ3v) is 4.52. The minimum Gasteiger partial charge on any atom is -0.323 e. The minimum absolute atomic E-state index is 0.187. The van der Waals surface area contributed by atoms with Gasteiger partial charge in [-0.1, -0.05) is 36.0 Å². The molecule has 1 heterocycles. The fourth-order valence-corrected chi connectivity index (χ4v) is 3.09. The Morgan fingerprint density at radius 2 is 1.79 bits per heavy atom. The summed E-state index contributed by atoms with van der Waals surface area (Å²) in [4.78, 5) is 25.7. The molecule has 0 unspecified atom stereocenters. The van der Waals surface area contributed by atoms with Gasteiger partial charge in [0.25, 0.3) is 5.91 Å². The van der Waals surface area contributed by atoms with Gasteiger partial charge in [0.05, 0.1) is 15.7 Å². The Morgan fingerprint density at radius 3 is 2.42 bits per heavy atom. The smallest absolute Gasteiger partial charge is 0.323 e. The molecule has 0 aromatic heterocycles. The summed E-state index contributed by atoms with van der Waals surface area (Å²) in [5, 5.41) is 3.55. The van der Waals surface area contributed by atoms with Crippen LogP contribution in [0.25, 0.3) is 0 Å². The van der Waals surface area contributed by atoms with Crippen LogP contribution in [0.3, 0.4) is 0 Å². The van der Waals surface area contributed by atoms with Crippen molar-refractivity contribution in [1.29, 1.82) is 0 Å². The zero-order chi connectivity index (χ0) is 13.6. The van der Waals surface area contributed by atoms with E-state index in [-0.39, 0.29) is 11.9 Å². The Balaban J connectivity index is 1.98. The maximum absolute atomic E-state index is 12.5. The summed E-state index contributed by atoms with van der Waals surface area (Å²) >= 11 is 11.8. The van der Waals surface area contributed by atoms with E-state index in [1.807, 2.05) is 0 Å². The molecule has 1 aliphatic heterocycles. The number of anilines is 1. The van der Waals surface area contributed by atoms with Crippen LogP contribution in [0.5, 0.6) is 0 Å². The van der Waals surface area contributed by atoms with Crippen LogP contribution in [0.2, 0.25) is 10.0 Å². The minimum atomic E-state index is -0.705. The molecule has 2 fully saturated rings. The molecule has 3 amide bonds. The molecule has 100 valence electrons. The Hall–Kier alpha value is -1.26. The first-order valence-corrected chi connectivity index (χ1v) is 6.91. The lowest BCUT2D eigenvalue weighted by Crippen LogP contribution is -2.44. The number of hydrogen-bond donors (Lipinski definition) is 1. The van der Waals surface area contributed by atoms with Gasteiger partial charge in [-0.2, -0.15) is 0 Å². The molecule has 6 heteroatoms.